The van der Waals surface area contributed by atoms with E-state index < -0.39 is 23.6 Å². The molecule has 0 bridgehead atoms. The van der Waals surface area contributed by atoms with Gasteiger partial charge in [0, 0.05) is 12.2 Å². The molecule has 0 spiro atoms. The molecule has 0 radical (unpaired) electrons. The van der Waals surface area contributed by atoms with Crippen molar-refractivity contribution in [2.45, 2.75) is 13.1 Å². The van der Waals surface area contributed by atoms with E-state index in [2.05, 4.69) is 0 Å². The first-order valence-corrected chi connectivity index (χ1v) is 5.77. The van der Waals surface area contributed by atoms with E-state index in [1.165, 1.54) is 24.0 Å². The monoisotopic (exact) mass is 286 g/mol. The Hall–Kier alpha value is -2.23. The number of carbonyl (C=O) groups is 1. The van der Waals surface area contributed by atoms with Crippen LogP contribution in [0.2, 0.25) is 0 Å². The average Bonchev–Trinajstić information content (AvgIpc) is 2.37. The lowest BCUT2D eigenvalue weighted by Gasteiger charge is -2.24. The van der Waals surface area contributed by atoms with Crippen molar-refractivity contribution in [3.63, 3.8) is 0 Å². The predicted molar refractivity (Wildman–Crippen MR) is 66.1 cm³/mol. The number of alkyl halides is 3. The van der Waals surface area contributed by atoms with Gasteiger partial charge in [-0.15, -0.1) is 0 Å². The molecule has 7 heteroatoms. The first-order valence-electron chi connectivity index (χ1n) is 5.77. The second-order valence-corrected chi connectivity index (χ2v) is 4.32. The quantitative estimate of drug-likeness (QED) is 0.845. The van der Waals surface area contributed by atoms with Crippen LogP contribution in [0.1, 0.15) is 12.5 Å². The molecular formula is C13H13F3N2O2. The van der Waals surface area contributed by atoms with Crippen molar-refractivity contribution in [2.75, 3.05) is 18.0 Å². The summed E-state index contributed by atoms with van der Waals surface area (Å²) in [6.07, 6.45) is -4.42. The van der Waals surface area contributed by atoms with Crippen LogP contribution in [0, 0.1) is 17.2 Å². The summed E-state index contributed by atoms with van der Waals surface area (Å²) in [5.74, 6) is -1.76. The van der Waals surface area contributed by atoms with Gasteiger partial charge in [-0.1, -0.05) is 6.92 Å². The second-order valence-electron chi connectivity index (χ2n) is 4.32. The highest BCUT2D eigenvalue weighted by Gasteiger charge is 2.30. The highest BCUT2D eigenvalue weighted by atomic mass is 19.4. The molecule has 0 amide bonds. The maximum absolute atomic E-state index is 12.4. The summed E-state index contributed by atoms with van der Waals surface area (Å²) < 4.78 is 37.3. The topological polar surface area (TPSA) is 64.3 Å². The number of hydrogen-bond acceptors (Lipinski definition) is 3. The van der Waals surface area contributed by atoms with Crippen molar-refractivity contribution >= 4 is 11.7 Å². The summed E-state index contributed by atoms with van der Waals surface area (Å²) in [6, 6.07) is 6.14. The number of anilines is 1. The minimum Gasteiger partial charge on any atom is -0.481 e. The Kier molecular flexibility index (Phi) is 4.97. The third kappa shape index (κ3) is 4.16. The highest BCUT2D eigenvalue weighted by Crippen LogP contribution is 2.30. The van der Waals surface area contributed by atoms with E-state index in [0.29, 0.717) is 5.69 Å². The van der Waals surface area contributed by atoms with E-state index in [0.717, 1.165) is 12.1 Å². The van der Waals surface area contributed by atoms with Crippen LogP contribution < -0.4 is 4.90 Å². The van der Waals surface area contributed by atoms with Gasteiger partial charge >= 0.3 is 12.1 Å². The Morgan fingerprint density at radius 3 is 2.35 bits per heavy atom. The van der Waals surface area contributed by atoms with Gasteiger partial charge in [-0.2, -0.15) is 18.4 Å². The zero-order valence-electron chi connectivity index (χ0n) is 10.7. The van der Waals surface area contributed by atoms with E-state index in [9.17, 15) is 18.0 Å². The van der Waals surface area contributed by atoms with Gasteiger partial charge < -0.3 is 10.0 Å². The average molecular weight is 286 g/mol. The number of hydrogen-bond donors (Lipinski definition) is 1. The Labute approximate surface area is 114 Å². The molecule has 108 valence electrons. The molecule has 0 aromatic heterocycles. The fourth-order valence-corrected chi connectivity index (χ4v) is 1.62. The molecule has 1 rings (SSSR count). The largest absolute Gasteiger partial charge is 0.481 e. The molecule has 0 aliphatic rings. The lowest BCUT2D eigenvalue weighted by Crippen LogP contribution is -2.32. The third-order valence-electron chi connectivity index (χ3n) is 2.74. The van der Waals surface area contributed by atoms with Crippen molar-refractivity contribution in [1.82, 2.24) is 0 Å². The molecule has 0 fully saturated rings. The molecule has 0 saturated heterocycles. The maximum atomic E-state index is 12.4. The van der Waals surface area contributed by atoms with Gasteiger partial charge in [0.05, 0.1) is 17.6 Å². The van der Waals surface area contributed by atoms with Gasteiger partial charge in [-0.3, -0.25) is 4.79 Å². The van der Waals surface area contributed by atoms with Crippen LogP contribution in [0.3, 0.4) is 0 Å². The summed E-state index contributed by atoms with van der Waals surface area (Å²) >= 11 is 0. The van der Waals surface area contributed by atoms with Gasteiger partial charge in [-0.25, -0.2) is 0 Å². The highest BCUT2D eigenvalue weighted by molar-refractivity contribution is 5.70. The van der Waals surface area contributed by atoms with E-state index in [1.807, 2.05) is 6.07 Å². The first kappa shape index (κ1) is 15.8. The molecule has 0 aliphatic heterocycles. The first-order chi connectivity index (χ1) is 9.25. The molecule has 1 unspecified atom stereocenters. The lowest BCUT2D eigenvalue weighted by atomic mass is 10.1. The van der Waals surface area contributed by atoms with Crippen molar-refractivity contribution in [2.24, 2.45) is 5.92 Å². The molecule has 1 atom stereocenters. The van der Waals surface area contributed by atoms with Gasteiger partial charge in [0.2, 0.25) is 0 Å². The summed E-state index contributed by atoms with van der Waals surface area (Å²) in [7, 11) is 0. The molecule has 1 aromatic rings. The van der Waals surface area contributed by atoms with Gasteiger partial charge in [0.1, 0.15) is 6.54 Å². The second kappa shape index (κ2) is 6.28. The molecule has 20 heavy (non-hydrogen) atoms. The smallest absolute Gasteiger partial charge is 0.416 e. The van der Waals surface area contributed by atoms with E-state index >= 15 is 0 Å². The Morgan fingerprint density at radius 2 is 1.95 bits per heavy atom. The number of rotatable bonds is 5. The molecule has 0 saturated carbocycles. The molecule has 0 heterocycles. The standard InChI is InChI=1S/C13H13F3N2O2/c1-9(12(19)20)8-18(7-6-17)11-4-2-10(3-5-11)13(14,15)16/h2-5,9H,7-8H2,1H3,(H,19,20). The molecule has 0 aliphatic carbocycles. The fourth-order valence-electron chi connectivity index (χ4n) is 1.62. The van der Waals surface area contributed by atoms with Crippen molar-refractivity contribution in [3.8, 4) is 6.07 Å². The van der Waals surface area contributed by atoms with Crippen LogP contribution in [0.4, 0.5) is 18.9 Å². The molecule has 1 N–H and O–H groups in total. The summed E-state index contributed by atoms with van der Waals surface area (Å²) in [5, 5.41) is 17.6. The molecule has 4 nitrogen and oxygen atoms in total. The van der Waals surface area contributed by atoms with Crippen LogP contribution >= 0.6 is 0 Å². The molecular weight excluding hydrogens is 273 g/mol. The zero-order chi connectivity index (χ0) is 15.3. The van der Waals surface area contributed by atoms with E-state index in [4.69, 9.17) is 10.4 Å². The van der Waals surface area contributed by atoms with Crippen LogP contribution in [-0.4, -0.2) is 24.2 Å². The zero-order valence-corrected chi connectivity index (χ0v) is 10.7. The van der Waals surface area contributed by atoms with Crippen LogP contribution in [-0.2, 0) is 11.0 Å². The minimum atomic E-state index is -4.42. The van der Waals surface area contributed by atoms with E-state index in [1.54, 1.807) is 0 Å². The van der Waals surface area contributed by atoms with Gasteiger partial charge in [-0.05, 0) is 24.3 Å². The number of carboxylic acid groups (broad SMARTS) is 1. The Bertz CT molecular complexity index is 506. The third-order valence-corrected chi connectivity index (χ3v) is 2.74. The number of carboxylic acids is 1. The van der Waals surface area contributed by atoms with Gasteiger partial charge in [0.25, 0.3) is 0 Å². The predicted octanol–water partition coefficient (Wildman–Crippen LogP) is 2.76. The number of aliphatic carboxylic acids is 1. The SMILES string of the molecule is CC(CN(CC#N)c1ccc(C(F)(F)F)cc1)C(=O)O. The number of halogens is 3. The summed E-state index contributed by atoms with van der Waals surface area (Å²) in [4.78, 5) is 12.2. The summed E-state index contributed by atoms with van der Waals surface area (Å²) in [6.45, 7) is 1.42. The van der Waals surface area contributed by atoms with Crippen molar-refractivity contribution < 1.29 is 23.1 Å². The van der Waals surface area contributed by atoms with Crippen LogP contribution in [0.15, 0.2) is 24.3 Å². The van der Waals surface area contributed by atoms with Gasteiger partial charge in [0.15, 0.2) is 0 Å². The number of nitrogens with zero attached hydrogens (tertiary/aromatic N) is 2. The normalized spacial score (nSPS) is 12.6. The maximum Gasteiger partial charge on any atom is 0.416 e. The fraction of sp³-hybridized carbons (Fsp3) is 0.385. The van der Waals surface area contributed by atoms with Crippen LogP contribution in [0.25, 0.3) is 0 Å². The lowest BCUT2D eigenvalue weighted by molar-refractivity contribution is -0.140. The summed E-state index contributed by atoms with van der Waals surface area (Å²) in [5.41, 5.74) is -0.405. The van der Waals surface area contributed by atoms with Crippen molar-refractivity contribution in [3.05, 3.63) is 29.8 Å². The Balaban J connectivity index is 2.93. The minimum absolute atomic E-state index is 0.0499. The van der Waals surface area contributed by atoms with E-state index in [-0.39, 0.29) is 13.1 Å². The van der Waals surface area contributed by atoms with Crippen molar-refractivity contribution in [1.29, 1.82) is 5.26 Å². The number of nitriles is 1. The number of benzene rings is 1. The molecule has 1 aromatic carbocycles. The Morgan fingerprint density at radius 1 is 1.40 bits per heavy atom. The van der Waals surface area contributed by atoms with Crippen LogP contribution in [0.5, 0.6) is 0 Å².